The van der Waals surface area contributed by atoms with Crippen molar-refractivity contribution < 1.29 is 18.3 Å². The van der Waals surface area contributed by atoms with E-state index in [1.807, 2.05) is 0 Å². The van der Waals surface area contributed by atoms with Crippen LogP contribution in [0.15, 0.2) is 29.2 Å². The Hall–Kier alpha value is -1.44. The fourth-order valence-electron chi connectivity index (χ4n) is 1.68. The Morgan fingerprint density at radius 3 is 2.59 bits per heavy atom. The van der Waals surface area contributed by atoms with E-state index in [0.717, 1.165) is 0 Å². The summed E-state index contributed by atoms with van der Waals surface area (Å²) in [5.74, 6) is -0.617. The average Bonchev–Trinajstić information content (AvgIpc) is 2.51. The van der Waals surface area contributed by atoms with Gasteiger partial charge in [-0.05, 0) is 12.1 Å². The van der Waals surface area contributed by atoms with Gasteiger partial charge in [0.05, 0.1) is 18.2 Å². The Labute approximate surface area is 98.7 Å². The number of amides is 1. The van der Waals surface area contributed by atoms with Crippen molar-refractivity contribution in [2.75, 3.05) is 13.1 Å². The number of hydrogen-bond donors (Lipinski definition) is 2. The highest BCUT2D eigenvalue weighted by molar-refractivity contribution is 7.90. The van der Waals surface area contributed by atoms with E-state index in [2.05, 4.69) is 0 Å². The summed E-state index contributed by atoms with van der Waals surface area (Å²) < 4.78 is 24.7. The lowest BCUT2D eigenvalue weighted by atomic mass is 10.2. The molecule has 0 aliphatic carbocycles. The first-order chi connectivity index (χ1) is 7.98. The molecule has 1 atom stereocenters. The molecular weight excluding hydrogens is 244 g/mol. The fourth-order valence-corrected chi connectivity index (χ4v) is 3.28. The van der Waals surface area contributed by atoms with Crippen molar-refractivity contribution >= 4 is 15.9 Å². The number of rotatable bonds is 3. The van der Waals surface area contributed by atoms with Gasteiger partial charge in [-0.25, -0.2) is 12.7 Å². The van der Waals surface area contributed by atoms with Gasteiger partial charge in [-0.2, -0.15) is 0 Å². The van der Waals surface area contributed by atoms with Crippen LogP contribution < -0.4 is 5.73 Å². The lowest BCUT2D eigenvalue weighted by molar-refractivity contribution is 0.0801. The molecule has 6 nitrogen and oxygen atoms in total. The number of sulfonamides is 1. The van der Waals surface area contributed by atoms with Gasteiger partial charge in [0, 0.05) is 6.54 Å². The van der Waals surface area contributed by atoms with Crippen LogP contribution in [-0.4, -0.2) is 42.9 Å². The van der Waals surface area contributed by atoms with Crippen molar-refractivity contribution in [1.29, 1.82) is 0 Å². The van der Waals surface area contributed by atoms with Gasteiger partial charge < -0.3 is 10.8 Å². The van der Waals surface area contributed by atoms with Gasteiger partial charge in [-0.15, -0.1) is 0 Å². The van der Waals surface area contributed by atoms with Crippen LogP contribution in [0, 0.1) is 0 Å². The Kier molecular flexibility index (Phi) is 2.90. The van der Waals surface area contributed by atoms with E-state index in [1.165, 1.54) is 12.1 Å². The number of aliphatic hydroxyl groups excluding tert-OH is 1. The minimum Gasteiger partial charge on any atom is -0.390 e. The van der Waals surface area contributed by atoms with E-state index in [4.69, 9.17) is 5.73 Å². The third kappa shape index (κ3) is 1.82. The number of nitrogens with zero attached hydrogens (tertiary/aromatic N) is 1. The summed E-state index contributed by atoms with van der Waals surface area (Å²) in [6.45, 7) is -0.415. The van der Waals surface area contributed by atoms with E-state index in [9.17, 15) is 18.3 Å². The second kappa shape index (κ2) is 4.10. The molecule has 0 aromatic heterocycles. The first-order valence-electron chi connectivity index (χ1n) is 5.02. The summed E-state index contributed by atoms with van der Waals surface area (Å²) in [5, 5.41) is 9.36. The molecule has 0 spiro atoms. The van der Waals surface area contributed by atoms with Crippen molar-refractivity contribution in [3.63, 3.8) is 0 Å². The van der Waals surface area contributed by atoms with E-state index in [0.29, 0.717) is 4.31 Å². The zero-order valence-corrected chi connectivity index (χ0v) is 9.72. The number of aliphatic hydroxyl groups is 1. The lowest BCUT2D eigenvalue weighted by Crippen LogP contribution is -2.39. The molecule has 17 heavy (non-hydrogen) atoms. The van der Waals surface area contributed by atoms with Gasteiger partial charge in [0.1, 0.15) is 4.90 Å². The highest BCUT2D eigenvalue weighted by Gasteiger charge is 2.41. The van der Waals surface area contributed by atoms with Crippen molar-refractivity contribution in [2.45, 2.75) is 11.0 Å². The highest BCUT2D eigenvalue weighted by Crippen LogP contribution is 2.29. The first kappa shape index (κ1) is 12.0. The van der Waals surface area contributed by atoms with Crippen LogP contribution in [0.25, 0.3) is 0 Å². The van der Waals surface area contributed by atoms with Crippen molar-refractivity contribution in [2.24, 2.45) is 5.73 Å². The summed E-state index contributed by atoms with van der Waals surface area (Å²) in [7, 11) is -3.83. The van der Waals surface area contributed by atoms with Crippen LogP contribution in [-0.2, 0) is 10.0 Å². The second-order valence-electron chi connectivity index (χ2n) is 3.73. The summed E-state index contributed by atoms with van der Waals surface area (Å²) in [6, 6.07) is 5.96. The summed E-state index contributed by atoms with van der Waals surface area (Å²) >= 11 is 0. The van der Waals surface area contributed by atoms with Gasteiger partial charge in [0.15, 0.2) is 0 Å². The van der Waals surface area contributed by atoms with E-state index in [-0.39, 0.29) is 23.5 Å². The van der Waals surface area contributed by atoms with Crippen molar-refractivity contribution in [3.05, 3.63) is 29.8 Å². The van der Waals surface area contributed by atoms with E-state index in [1.54, 1.807) is 12.1 Å². The second-order valence-corrected chi connectivity index (χ2v) is 5.56. The molecule has 1 aromatic carbocycles. The molecule has 1 amide bonds. The number of benzene rings is 1. The third-order valence-corrected chi connectivity index (χ3v) is 4.37. The van der Waals surface area contributed by atoms with Gasteiger partial charge >= 0.3 is 0 Å². The summed E-state index contributed by atoms with van der Waals surface area (Å²) in [6.07, 6.45) is -1.05. The predicted molar refractivity (Wildman–Crippen MR) is 59.7 cm³/mol. The Morgan fingerprint density at radius 1 is 1.35 bits per heavy atom. The average molecular weight is 256 g/mol. The van der Waals surface area contributed by atoms with Crippen LogP contribution >= 0.6 is 0 Å². The number of hydrogen-bond acceptors (Lipinski definition) is 5. The lowest BCUT2D eigenvalue weighted by Gasteiger charge is -2.17. The number of fused-ring (bicyclic) bond motifs is 1. The molecule has 2 rings (SSSR count). The van der Waals surface area contributed by atoms with Gasteiger partial charge in [-0.3, -0.25) is 4.79 Å². The maximum atomic E-state index is 12.0. The van der Waals surface area contributed by atoms with Crippen LogP contribution in [0.5, 0.6) is 0 Å². The molecule has 1 aromatic rings. The normalized spacial score (nSPS) is 19.2. The van der Waals surface area contributed by atoms with Crippen LogP contribution in [0.4, 0.5) is 0 Å². The minimum absolute atomic E-state index is 0.0192. The molecule has 1 heterocycles. The fraction of sp³-hybridized carbons (Fsp3) is 0.300. The molecule has 1 aliphatic rings. The molecule has 1 aliphatic heterocycles. The van der Waals surface area contributed by atoms with E-state index < -0.39 is 22.0 Å². The molecule has 0 bridgehead atoms. The Bertz CT molecular complexity index is 555. The topological polar surface area (TPSA) is 101 Å². The smallest absolute Gasteiger partial charge is 0.269 e. The minimum atomic E-state index is -3.83. The number of carbonyl (C=O) groups is 1. The Balaban J connectivity index is 2.44. The number of carbonyl (C=O) groups excluding carboxylic acids is 1. The molecule has 92 valence electrons. The van der Waals surface area contributed by atoms with Crippen LogP contribution in [0.1, 0.15) is 10.4 Å². The molecule has 0 radical (unpaired) electrons. The predicted octanol–water partition coefficient (Wildman–Crippen LogP) is -0.849. The molecule has 0 saturated carbocycles. The maximum absolute atomic E-state index is 12.0. The van der Waals surface area contributed by atoms with Crippen LogP contribution in [0.3, 0.4) is 0 Å². The summed E-state index contributed by atoms with van der Waals surface area (Å²) in [4.78, 5) is 11.8. The van der Waals surface area contributed by atoms with Gasteiger partial charge in [-0.1, -0.05) is 12.1 Å². The quantitative estimate of drug-likeness (QED) is 0.733. The summed E-state index contributed by atoms with van der Waals surface area (Å²) in [5.41, 5.74) is 5.34. The maximum Gasteiger partial charge on any atom is 0.269 e. The van der Waals surface area contributed by atoms with Gasteiger partial charge in [0.2, 0.25) is 0 Å². The van der Waals surface area contributed by atoms with Crippen molar-refractivity contribution in [1.82, 2.24) is 4.31 Å². The van der Waals surface area contributed by atoms with E-state index >= 15 is 0 Å². The van der Waals surface area contributed by atoms with Crippen LogP contribution in [0.2, 0.25) is 0 Å². The molecule has 3 N–H and O–H groups in total. The molecule has 1 unspecified atom stereocenters. The SMILES string of the molecule is NCC(O)CN1C(=O)c2ccccc2S1(=O)=O. The zero-order valence-electron chi connectivity index (χ0n) is 8.91. The third-order valence-electron chi connectivity index (χ3n) is 2.56. The monoisotopic (exact) mass is 256 g/mol. The zero-order chi connectivity index (χ0) is 12.6. The Morgan fingerprint density at radius 2 is 2.00 bits per heavy atom. The van der Waals surface area contributed by atoms with Gasteiger partial charge in [0.25, 0.3) is 15.9 Å². The van der Waals surface area contributed by atoms with Crippen molar-refractivity contribution in [3.8, 4) is 0 Å². The molecular formula is C10H12N2O4S. The molecule has 7 heteroatoms. The standard InChI is InChI=1S/C10H12N2O4S/c11-5-7(13)6-12-10(14)8-3-1-2-4-9(8)17(12,15)16/h1-4,7,13H,5-6,11H2. The molecule has 0 fully saturated rings. The first-order valence-corrected chi connectivity index (χ1v) is 6.46. The molecule has 0 saturated heterocycles. The number of β-amino-alcohol motifs (C(OH)–C–C–N with tert-alkyl or cyclic N) is 1. The number of nitrogens with two attached hydrogens (primary N) is 1. The highest BCUT2D eigenvalue weighted by atomic mass is 32.2. The largest absolute Gasteiger partial charge is 0.390 e.